The summed E-state index contributed by atoms with van der Waals surface area (Å²) in [6.45, 7) is 3.65. The average molecular weight is 336 g/mol. The molecule has 4 heteroatoms. The zero-order valence-electron chi connectivity index (χ0n) is 13.7. The molecule has 1 unspecified atom stereocenters. The molecule has 0 bridgehead atoms. The van der Waals surface area contributed by atoms with Crippen LogP contribution >= 0.6 is 11.8 Å². The summed E-state index contributed by atoms with van der Waals surface area (Å²) in [6, 6.07) is 17.6. The highest BCUT2D eigenvalue weighted by Crippen LogP contribution is 2.36. The van der Waals surface area contributed by atoms with Gasteiger partial charge >= 0.3 is 0 Å². The highest BCUT2D eigenvalue weighted by Gasteiger charge is 2.23. The van der Waals surface area contributed by atoms with Gasteiger partial charge < -0.3 is 4.90 Å². The smallest absolute Gasteiger partial charge is 0.253 e. The Hall–Kier alpha value is -2.25. The van der Waals surface area contributed by atoms with Crippen molar-refractivity contribution in [2.75, 3.05) is 18.8 Å². The summed E-state index contributed by atoms with van der Waals surface area (Å²) in [6.07, 6.45) is 0.958. The zero-order valence-corrected chi connectivity index (χ0v) is 14.6. The molecule has 1 fully saturated rings. The van der Waals surface area contributed by atoms with Crippen molar-refractivity contribution in [3.8, 4) is 6.07 Å². The molecule has 0 radical (unpaired) electrons. The number of amides is 1. The van der Waals surface area contributed by atoms with Crippen LogP contribution in [0.1, 0.15) is 38.7 Å². The number of benzene rings is 2. The van der Waals surface area contributed by atoms with Gasteiger partial charge in [-0.3, -0.25) is 4.79 Å². The monoisotopic (exact) mass is 336 g/mol. The lowest BCUT2D eigenvalue weighted by molar-refractivity contribution is 0.0766. The fourth-order valence-electron chi connectivity index (χ4n) is 3.07. The maximum absolute atomic E-state index is 12.7. The normalized spacial score (nSPS) is 17.8. The maximum atomic E-state index is 12.7. The van der Waals surface area contributed by atoms with Crippen molar-refractivity contribution < 1.29 is 4.79 Å². The summed E-state index contributed by atoms with van der Waals surface area (Å²) < 4.78 is 0. The predicted molar refractivity (Wildman–Crippen MR) is 98.1 cm³/mol. The summed E-state index contributed by atoms with van der Waals surface area (Å²) in [5, 5.41) is 9.45. The second-order valence-corrected chi connectivity index (χ2v) is 7.30. The maximum Gasteiger partial charge on any atom is 0.253 e. The van der Waals surface area contributed by atoms with Crippen molar-refractivity contribution in [3.63, 3.8) is 0 Å². The summed E-state index contributed by atoms with van der Waals surface area (Å²) in [5.41, 5.74) is 3.83. The van der Waals surface area contributed by atoms with Crippen molar-refractivity contribution in [2.45, 2.75) is 18.6 Å². The molecule has 2 aromatic rings. The number of aryl methyl sites for hydroxylation is 1. The number of rotatable bonds is 2. The van der Waals surface area contributed by atoms with Gasteiger partial charge in [-0.25, -0.2) is 0 Å². The minimum atomic E-state index is 0.0260. The minimum absolute atomic E-state index is 0.0260. The van der Waals surface area contributed by atoms with Gasteiger partial charge in [-0.2, -0.15) is 17.0 Å². The third-order valence-corrected chi connectivity index (χ3v) is 5.71. The highest BCUT2D eigenvalue weighted by atomic mass is 32.2. The van der Waals surface area contributed by atoms with E-state index >= 15 is 0 Å². The van der Waals surface area contributed by atoms with Crippen LogP contribution in [0, 0.1) is 18.3 Å². The van der Waals surface area contributed by atoms with Crippen molar-refractivity contribution in [1.82, 2.24) is 4.90 Å². The first-order chi connectivity index (χ1) is 11.7. The minimum Gasteiger partial charge on any atom is -0.338 e. The molecule has 1 aliphatic heterocycles. The molecule has 1 saturated heterocycles. The van der Waals surface area contributed by atoms with Crippen LogP contribution in [0.3, 0.4) is 0 Å². The number of carbonyl (C=O) groups excluding carboxylic acids is 1. The van der Waals surface area contributed by atoms with Crippen LogP contribution in [-0.2, 0) is 0 Å². The first-order valence-electron chi connectivity index (χ1n) is 8.15. The Kier molecular flexibility index (Phi) is 5.22. The molecule has 3 nitrogen and oxygen atoms in total. The van der Waals surface area contributed by atoms with E-state index in [1.807, 2.05) is 16.7 Å². The van der Waals surface area contributed by atoms with Crippen LogP contribution < -0.4 is 0 Å². The second-order valence-electron chi connectivity index (χ2n) is 5.99. The van der Waals surface area contributed by atoms with Gasteiger partial charge in [0.1, 0.15) is 0 Å². The summed E-state index contributed by atoms with van der Waals surface area (Å²) >= 11 is 1.93. The molecule has 122 valence electrons. The SMILES string of the molecule is Cc1ccccc1C1CCN(C(=O)c2cccc(C#N)c2)CCS1. The number of carbonyl (C=O) groups is 1. The first kappa shape index (κ1) is 16.6. The van der Waals surface area contributed by atoms with E-state index in [0.29, 0.717) is 16.4 Å². The molecule has 0 spiro atoms. The molecular formula is C20H20N2OS. The van der Waals surface area contributed by atoms with Gasteiger partial charge in [0.2, 0.25) is 0 Å². The largest absolute Gasteiger partial charge is 0.338 e. The van der Waals surface area contributed by atoms with E-state index in [9.17, 15) is 4.79 Å². The lowest BCUT2D eigenvalue weighted by Crippen LogP contribution is -2.33. The summed E-state index contributed by atoms with van der Waals surface area (Å²) in [7, 11) is 0. The summed E-state index contributed by atoms with van der Waals surface area (Å²) in [4.78, 5) is 14.7. The van der Waals surface area contributed by atoms with E-state index in [0.717, 1.165) is 25.3 Å². The van der Waals surface area contributed by atoms with Crippen LogP contribution in [0.2, 0.25) is 0 Å². The Labute approximate surface area is 147 Å². The molecule has 3 rings (SSSR count). The molecule has 0 N–H and O–H groups in total. The van der Waals surface area contributed by atoms with E-state index in [2.05, 4.69) is 37.3 Å². The lowest BCUT2D eigenvalue weighted by atomic mass is 10.0. The van der Waals surface area contributed by atoms with Gasteiger partial charge in [-0.05, 0) is 42.7 Å². The highest BCUT2D eigenvalue weighted by molar-refractivity contribution is 7.99. The fourth-order valence-corrected chi connectivity index (χ4v) is 4.40. The van der Waals surface area contributed by atoms with Crippen molar-refractivity contribution in [3.05, 3.63) is 70.8 Å². The van der Waals surface area contributed by atoms with Gasteiger partial charge in [0.15, 0.2) is 0 Å². The quantitative estimate of drug-likeness (QED) is 0.826. The number of thioether (sulfide) groups is 1. The third kappa shape index (κ3) is 3.63. The van der Waals surface area contributed by atoms with Crippen LogP contribution in [0.15, 0.2) is 48.5 Å². The molecule has 1 amide bonds. The lowest BCUT2D eigenvalue weighted by Gasteiger charge is -2.21. The number of hydrogen-bond donors (Lipinski definition) is 0. The Morgan fingerprint density at radius 1 is 1.21 bits per heavy atom. The van der Waals surface area contributed by atoms with E-state index in [1.54, 1.807) is 24.3 Å². The second kappa shape index (κ2) is 7.55. The van der Waals surface area contributed by atoms with Gasteiger partial charge in [0, 0.05) is 29.7 Å². The van der Waals surface area contributed by atoms with E-state index < -0.39 is 0 Å². The number of nitrogens with zero attached hydrogens (tertiary/aromatic N) is 2. The Morgan fingerprint density at radius 2 is 2.04 bits per heavy atom. The van der Waals surface area contributed by atoms with E-state index in [-0.39, 0.29) is 5.91 Å². The molecule has 0 aliphatic carbocycles. The number of nitriles is 1. The Bertz CT molecular complexity index is 781. The molecule has 0 saturated carbocycles. The van der Waals surface area contributed by atoms with Gasteiger partial charge in [-0.15, -0.1) is 0 Å². The van der Waals surface area contributed by atoms with Crippen LogP contribution in [0.25, 0.3) is 0 Å². The first-order valence-corrected chi connectivity index (χ1v) is 9.20. The molecule has 24 heavy (non-hydrogen) atoms. The van der Waals surface area contributed by atoms with Gasteiger partial charge in [0.05, 0.1) is 11.6 Å². The molecular weight excluding hydrogens is 316 g/mol. The average Bonchev–Trinajstić information content (AvgIpc) is 2.87. The molecule has 1 heterocycles. The summed E-state index contributed by atoms with van der Waals surface area (Å²) in [5.74, 6) is 0.959. The van der Waals surface area contributed by atoms with Crippen LogP contribution in [-0.4, -0.2) is 29.6 Å². The Balaban J connectivity index is 1.72. The van der Waals surface area contributed by atoms with Crippen LogP contribution in [0.4, 0.5) is 0 Å². The van der Waals surface area contributed by atoms with E-state index in [1.165, 1.54) is 11.1 Å². The fraction of sp³-hybridized carbons (Fsp3) is 0.300. The van der Waals surface area contributed by atoms with Crippen molar-refractivity contribution >= 4 is 17.7 Å². The molecule has 0 aromatic heterocycles. The van der Waals surface area contributed by atoms with Crippen LogP contribution in [0.5, 0.6) is 0 Å². The topological polar surface area (TPSA) is 44.1 Å². The zero-order chi connectivity index (χ0) is 16.9. The Morgan fingerprint density at radius 3 is 2.83 bits per heavy atom. The third-order valence-electron chi connectivity index (χ3n) is 4.40. The molecule has 1 aliphatic rings. The standard InChI is InChI=1S/C20H20N2OS/c1-15-5-2-3-8-18(15)19-9-10-22(11-12-24-19)20(23)17-7-4-6-16(13-17)14-21/h2-8,13,19H,9-12H2,1H3. The molecule has 1 atom stereocenters. The molecule has 2 aromatic carbocycles. The number of hydrogen-bond acceptors (Lipinski definition) is 3. The van der Waals surface area contributed by atoms with E-state index in [4.69, 9.17) is 5.26 Å². The van der Waals surface area contributed by atoms with Crippen molar-refractivity contribution in [1.29, 1.82) is 5.26 Å². The van der Waals surface area contributed by atoms with Crippen molar-refractivity contribution in [2.24, 2.45) is 0 Å². The van der Waals surface area contributed by atoms with Gasteiger partial charge in [0.25, 0.3) is 5.91 Å². The predicted octanol–water partition coefficient (Wildman–Crippen LogP) is 4.19. The van der Waals surface area contributed by atoms with Gasteiger partial charge in [-0.1, -0.05) is 30.3 Å².